The smallest absolute Gasteiger partial charge is 0.194 e. The summed E-state index contributed by atoms with van der Waals surface area (Å²) in [6, 6.07) is 11.1. The van der Waals surface area contributed by atoms with Gasteiger partial charge in [-0.05, 0) is 34.5 Å². The van der Waals surface area contributed by atoms with Gasteiger partial charge >= 0.3 is 0 Å². The summed E-state index contributed by atoms with van der Waals surface area (Å²) in [6.45, 7) is 1.91. The highest BCUT2D eigenvalue weighted by Gasteiger charge is 2.11. The van der Waals surface area contributed by atoms with Crippen molar-refractivity contribution < 1.29 is 4.79 Å². The number of pyridine rings is 1. The third-order valence-corrected chi connectivity index (χ3v) is 2.79. The number of halogens is 1. The van der Waals surface area contributed by atoms with E-state index in [0.29, 0.717) is 11.1 Å². The lowest BCUT2D eigenvalue weighted by molar-refractivity contribution is 0.103. The molecule has 0 aliphatic rings. The summed E-state index contributed by atoms with van der Waals surface area (Å²) in [7, 11) is 0. The maximum absolute atomic E-state index is 12.1. The van der Waals surface area contributed by atoms with E-state index in [9.17, 15) is 4.79 Å². The zero-order valence-electron chi connectivity index (χ0n) is 8.77. The van der Waals surface area contributed by atoms with Crippen LogP contribution in [0.1, 0.15) is 21.5 Å². The first-order valence-electron chi connectivity index (χ1n) is 4.90. The van der Waals surface area contributed by atoms with Gasteiger partial charge in [0.2, 0.25) is 0 Å². The second kappa shape index (κ2) is 4.58. The van der Waals surface area contributed by atoms with Crippen molar-refractivity contribution in [2.75, 3.05) is 0 Å². The Morgan fingerprint density at radius 3 is 2.56 bits per heavy atom. The molecule has 0 spiro atoms. The fourth-order valence-corrected chi connectivity index (χ4v) is 1.95. The third-order valence-electron chi connectivity index (χ3n) is 2.36. The fraction of sp³-hybridized carbons (Fsp3) is 0.0769. The molecule has 0 bridgehead atoms. The molecule has 0 aliphatic heterocycles. The van der Waals surface area contributed by atoms with Crippen LogP contribution in [0, 0.1) is 6.92 Å². The van der Waals surface area contributed by atoms with Crippen LogP contribution >= 0.6 is 15.9 Å². The molecule has 1 aromatic carbocycles. The lowest BCUT2D eigenvalue weighted by Crippen LogP contribution is -2.04. The van der Waals surface area contributed by atoms with Crippen molar-refractivity contribution in [1.82, 2.24) is 4.98 Å². The molecule has 2 rings (SSSR count). The number of benzene rings is 1. The van der Waals surface area contributed by atoms with E-state index >= 15 is 0 Å². The van der Waals surface area contributed by atoms with Crippen LogP contribution in [0.15, 0.2) is 47.2 Å². The zero-order valence-corrected chi connectivity index (χ0v) is 10.4. The van der Waals surface area contributed by atoms with Gasteiger partial charge in [-0.2, -0.15) is 0 Å². The van der Waals surface area contributed by atoms with Gasteiger partial charge in [-0.25, -0.2) is 4.98 Å². The highest BCUT2D eigenvalue weighted by molar-refractivity contribution is 9.10. The van der Waals surface area contributed by atoms with Crippen LogP contribution in [-0.2, 0) is 0 Å². The van der Waals surface area contributed by atoms with Gasteiger partial charge in [0.1, 0.15) is 4.60 Å². The first-order valence-corrected chi connectivity index (χ1v) is 5.69. The van der Waals surface area contributed by atoms with Crippen LogP contribution in [0.3, 0.4) is 0 Å². The Kier molecular flexibility index (Phi) is 3.15. The van der Waals surface area contributed by atoms with Gasteiger partial charge in [-0.3, -0.25) is 4.79 Å². The van der Waals surface area contributed by atoms with Crippen LogP contribution in [0.25, 0.3) is 0 Å². The minimum atomic E-state index is 0.0121. The minimum absolute atomic E-state index is 0.0121. The van der Waals surface area contributed by atoms with Crippen molar-refractivity contribution in [1.29, 1.82) is 0 Å². The SMILES string of the molecule is Cc1cc(Br)ncc1C(=O)c1ccccc1. The van der Waals surface area contributed by atoms with Crippen LogP contribution < -0.4 is 0 Å². The molecule has 0 unspecified atom stereocenters. The summed E-state index contributed by atoms with van der Waals surface area (Å²) in [5.41, 5.74) is 2.26. The second-order valence-corrected chi connectivity index (χ2v) is 4.33. The van der Waals surface area contributed by atoms with Gasteiger partial charge in [-0.1, -0.05) is 30.3 Å². The van der Waals surface area contributed by atoms with E-state index in [-0.39, 0.29) is 5.78 Å². The summed E-state index contributed by atoms with van der Waals surface area (Å²) in [4.78, 5) is 16.2. The van der Waals surface area contributed by atoms with E-state index in [1.165, 1.54) is 0 Å². The van der Waals surface area contributed by atoms with E-state index in [4.69, 9.17) is 0 Å². The molecule has 16 heavy (non-hydrogen) atoms. The summed E-state index contributed by atoms with van der Waals surface area (Å²) >= 11 is 3.28. The lowest BCUT2D eigenvalue weighted by Gasteiger charge is -2.04. The molecule has 2 nitrogen and oxygen atoms in total. The quantitative estimate of drug-likeness (QED) is 0.621. The Bertz CT molecular complexity index is 523. The zero-order chi connectivity index (χ0) is 11.5. The highest BCUT2D eigenvalue weighted by Crippen LogP contribution is 2.16. The predicted octanol–water partition coefficient (Wildman–Crippen LogP) is 3.38. The number of ketones is 1. The lowest BCUT2D eigenvalue weighted by atomic mass is 10.0. The molecule has 0 radical (unpaired) electrons. The maximum Gasteiger partial charge on any atom is 0.194 e. The minimum Gasteiger partial charge on any atom is -0.289 e. The number of carbonyl (C=O) groups excluding carboxylic acids is 1. The molecule has 0 aliphatic carbocycles. The molecule has 0 saturated heterocycles. The molecule has 0 saturated carbocycles. The summed E-state index contributed by atoms with van der Waals surface area (Å²) in [5, 5.41) is 0. The number of carbonyl (C=O) groups is 1. The average Bonchev–Trinajstić information content (AvgIpc) is 2.29. The van der Waals surface area contributed by atoms with Gasteiger partial charge in [0.25, 0.3) is 0 Å². The molecule has 0 amide bonds. The topological polar surface area (TPSA) is 30.0 Å². The van der Waals surface area contributed by atoms with Crippen molar-refractivity contribution in [3.8, 4) is 0 Å². The van der Waals surface area contributed by atoms with Crippen molar-refractivity contribution in [2.45, 2.75) is 6.92 Å². The fourth-order valence-electron chi connectivity index (χ4n) is 1.50. The van der Waals surface area contributed by atoms with Crippen molar-refractivity contribution in [3.63, 3.8) is 0 Å². The molecule has 0 N–H and O–H groups in total. The van der Waals surface area contributed by atoms with Gasteiger partial charge in [0.15, 0.2) is 5.78 Å². The molecular formula is C13H10BrNO. The molecule has 0 fully saturated rings. The highest BCUT2D eigenvalue weighted by atomic mass is 79.9. The number of hydrogen-bond acceptors (Lipinski definition) is 2. The van der Waals surface area contributed by atoms with E-state index in [2.05, 4.69) is 20.9 Å². The number of hydrogen-bond donors (Lipinski definition) is 0. The Hall–Kier alpha value is -1.48. The number of rotatable bonds is 2. The van der Waals surface area contributed by atoms with Crippen LogP contribution in [0.4, 0.5) is 0 Å². The maximum atomic E-state index is 12.1. The van der Waals surface area contributed by atoms with Crippen molar-refractivity contribution in [3.05, 3.63) is 63.9 Å². The number of nitrogens with zero attached hydrogens (tertiary/aromatic N) is 1. The predicted molar refractivity (Wildman–Crippen MR) is 66.5 cm³/mol. The molecule has 3 heteroatoms. The van der Waals surface area contributed by atoms with E-state index < -0.39 is 0 Å². The van der Waals surface area contributed by atoms with Crippen LogP contribution in [-0.4, -0.2) is 10.8 Å². The summed E-state index contributed by atoms with van der Waals surface area (Å²) in [5.74, 6) is 0.0121. The molecule has 2 aromatic rings. The standard InChI is InChI=1S/C13H10BrNO/c1-9-7-12(14)15-8-11(9)13(16)10-5-3-2-4-6-10/h2-8H,1H3. The monoisotopic (exact) mass is 275 g/mol. The summed E-state index contributed by atoms with van der Waals surface area (Å²) < 4.78 is 0.745. The Balaban J connectivity index is 2.42. The Morgan fingerprint density at radius 1 is 1.25 bits per heavy atom. The third kappa shape index (κ3) is 2.19. The largest absolute Gasteiger partial charge is 0.289 e. The molecule has 1 heterocycles. The first kappa shape index (κ1) is 11.0. The molecule has 80 valence electrons. The first-order chi connectivity index (χ1) is 7.68. The van der Waals surface area contributed by atoms with Crippen molar-refractivity contribution >= 4 is 21.7 Å². The van der Waals surface area contributed by atoms with Gasteiger partial charge in [0, 0.05) is 17.3 Å². The van der Waals surface area contributed by atoms with Gasteiger partial charge < -0.3 is 0 Å². The van der Waals surface area contributed by atoms with Crippen molar-refractivity contribution in [2.24, 2.45) is 0 Å². The van der Waals surface area contributed by atoms with E-state index in [1.807, 2.05) is 43.3 Å². The Morgan fingerprint density at radius 2 is 1.94 bits per heavy atom. The molecular weight excluding hydrogens is 266 g/mol. The van der Waals surface area contributed by atoms with E-state index in [1.54, 1.807) is 6.20 Å². The number of aromatic nitrogens is 1. The number of aryl methyl sites for hydroxylation is 1. The summed E-state index contributed by atoms with van der Waals surface area (Å²) in [6.07, 6.45) is 1.61. The van der Waals surface area contributed by atoms with E-state index in [0.717, 1.165) is 10.2 Å². The molecule has 0 atom stereocenters. The van der Waals surface area contributed by atoms with Gasteiger partial charge in [-0.15, -0.1) is 0 Å². The average molecular weight is 276 g/mol. The molecule has 1 aromatic heterocycles. The van der Waals surface area contributed by atoms with Crippen LogP contribution in [0.5, 0.6) is 0 Å². The second-order valence-electron chi connectivity index (χ2n) is 3.52. The Labute approximate surface area is 102 Å². The normalized spacial score (nSPS) is 10.1. The van der Waals surface area contributed by atoms with Crippen LogP contribution in [0.2, 0.25) is 0 Å². The van der Waals surface area contributed by atoms with Gasteiger partial charge in [0.05, 0.1) is 0 Å².